The number of aryl methyl sites for hydroxylation is 2. The van der Waals surface area contributed by atoms with E-state index in [9.17, 15) is 0 Å². The Hall–Kier alpha value is -1.81. The van der Waals surface area contributed by atoms with E-state index in [1.165, 1.54) is 29.8 Å². The molecule has 1 saturated heterocycles. The van der Waals surface area contributed by atoms with Gasteiger partial charge in [-0.05, 0) is 49.4 Å². The van der Waals surface area contributed by atoms with E-state index in [1.54, 1.807) is 11.1 Å². The third-order valence-electron chi connectivity index (χ3n) is 5.07. The fourth-order valence-electron chi connectivity index (χ4n) is 4.03. The van der Waals surface area contributed by atoms with Crippen molar-refractivity contribution in [2.24, 2.45) is 7.05 Å². The molecule has 0 aliphatic carbocycles. The molecular weight excluding hydrogens is 272 g/mol. The Balaban J connectivity index is 1.69. The third kappa shape index (κ3) is 2.31. The van der Waals surface area contributed by atoms with Crippen LogP contribution in [0.15, 0.2) is 24.4 Å². The van der Waals surface area contributed by atoms with Gasteiger partial charge in [0.15, 0.2) is 0 Å². The molecule has 116 valence electrons. The van der Waals surface area contributed by atoms with Crippen molar-refractivity contribution in [3.63, 3.8) is 0 Å². The van der Waals surface area contributed by atoms with Crippen LogP contribution in [0.2, 0.25) is 0 Å². The smallest absolute Gasteiger partial charge is 0.126 e. The zero-order valence-corrected chi connectivity index (χ0v) is 13.5. The Kier molecular flexibility index (Phi) is 3.41. The Bertz CT molecular complexity index is 682. The molecule has 1 fully saturated rings. The second-order valence-electron chi connectivity index (χ2n) is 6.63. The van der Waals surface area contributed by atoms with Crippen molar-refractivity contribution in [3.8, 4) is 0 Å². The van der Waals surface area contributed by atoms with E-state index >= 15 is 0 Å². The average molecular weight is 296 g/mol. The molecule has 0 unspecified atom stereocenters. The van der Waals surface area contributed by atoms with Gasteiger partial charge in [-0.2, -0.15) is 5.10 Å². The van der Waals surface area contributed by atoms with Crippen LogP contribution in [-0.2, 0) is 20.0 Å². The number of fused-ring (bicyclic) bond motifs is 1. The predicted molar refractivity (Wildman–Crippen MR) is 89.1 cm³/mol. The summed E-state index contributed by atoms with van der Waals surface area (Å²) in [5.74, 6) is 1.22. The monoisotopic (exact) mass is 296 g/mol. The van der Waals surface area contributed by atoms with Gasteiger partial charge in [0.25, 0.3) is 0 Å². The van der Waals surface area contributed by atoms with Crippen LogP contribution in [0, 0.1) is 6.92 Å². The summed E-state index contributed by atoms with van der Waals surface area (Å²) in [6.07, 6.45) is 5.60. The molecule has 22 heavy (non-hydrogen) atoms. The van der Waals surface area contributed by atoms with Crippen molar-refractivity contribution in [2.45, 2.75) is 38.8 Å². The van der Waals surface area contributed by atoms with Gasteiger partial charge in [-0.15, -0.1) is 0 Å². The van der Waals surface area contributed by atoms with Gasteiger partial charge in [0, 0.05) is 32.2 Å². The van der Waals surface area contributed by atoms with Crippen LogP contribution in [0.5, 0.6) is 0 Å². The Labute approximate surface area is 132 Å². The number of hydrogen-bond acceptors (Lipinski definition) is 3. The Morgan fingerprint density at radius 1 is 1.32 bits per heavy atom. The molecular formula is C18H24N4. The van der Waals surface area contributed by atoms with Crippen LogP contribution in [0.4, 0.5) is 5.82 Å². The van der Waals surface area contributed by atoms with E-state index in [1.807, 2.05) is 17.9 Å². The summed E-state index contributed by atoms with van der Waals surface area (Å²) in [5.41, 5.74) is 6.02. The van der Waals surface area contributed by atoms with Gasteiger partial charge in [-0.1, -0.05) is 17.7 Å². The van der Waals surface area contributed by atoms with Gasteiger partial charge >= 0.3 is 0 Å². The maximum Gasteiger partial charge on any atom is 0.126 e. The molecule has 2 aliphatic rings. The molecule has 0 saturated carbocycles. The fourth-order valence-corrected chi connectivity index (χ4v) is 4.03. The minimum Gasteiger partial charge on any atom is -0.352 e. The van der Waals surface area contributed by atoms with E-state index in [0.29, 0.717) is 6.04 Å². The van der Waals surface area contributed by atoms with Gasteiger partial charge in [0.2, 0.25) is 0 Å². The zero-order valence-electron chi connectivity index (χ0n) is 13.5. The number of aromatic nitrogens is 2. The van der Waals surface area contributed by atoms with Gasteiger partial charge in [-0.3, -0.25) is 4.68 Å². The van der Waals surface area contributed by atoms with Crippen molar-refractivity contribution >= 4 is 5.82 Å². The van der Waals surface area contributed by atoms with Crippen LogP contribution in [-0.4, -0.2) is 22.9 Å². The lowest BCUT2D eigenvalue weighted by Crippen LogP contribution is -2.33. The summed E-state index contributed by atoms with van der Waals surface area (Å²) in [6, 6.07) is 7.45. The summed E-state index contributed by atoms with van der Waals surface area (Å²) in [6.45, 7) is 5.46. The topological polar surface area (TPSA) is 33.1 Å². The van der Waals surface area contributed by atoms with Gasteiger partial charge in [-0.25, -0.2) is 0 Å². The highest BCUT2D eigenvalue weighted by molar-refractivity contribution is 5.48. The fraction of sp³-hybridized carbons (Fsp3) is 0.500. The van der Waals surface area contributed by atoms with Crippen molar-refractivity contribution in [2.75, 3.05) is 18.0 Å². The highest BCUT2D eigenvalue weighted by Crippen LogP contribution is 2.33. The molecule has 4 rings (SSSR count). The first-order valence-corrected chi connectivity index (χ1v) is 8.31. The van der Waals surface area contributed by atoms with Crippen LogP contribution >= 0.6 is 0 Å². The van der Waals surface area contributed by atoms with Gasteiger partial charge < -0.3 is 10.2 Å². The number of rotatable bonds is 2. The number of benzene rings is 1. The SMILES string of the molecule is Cc1cc2c(c([C@@H]3CCCN3)c1)CCN(c1ccnn1C)C2. The van der Waals surface area contributed by atoms with E-state index in [4.69, 9.17) is 0 Å². The predicted octanol–water partition coefficient (Wildman–Crippen LogP) is 2.72. The van der Waals surface area contributed by atoms with Crippen LogP contribution in [0.1, 0.15) is 41.1 Å². The largest absolute Gasteiger partial charge is 0.352 e. The number of hydrogen-bond donors (Lipinski definition) is 1. The first kappa shape index (κ1) is 13.8. The first-order valence-electron chi connectivity index (χ1n) is 8.31. The van der Waals surface area contributed by atoms with Crippen molar-refractivity contribution < 1.29 is 0 Å². The normalized spacial score (nSPS) is 21.2. The lowest BCUT2D eigenvalue weighted by Gasteiger charge is -2.33. The Morgan fingerprint density at radius 3 is 2.95 bits per heavy atom. The summed E-state index contributed by atoms with van der Waals surface area (Å²) in [4.78, 5) is 2.45. The van der Waals surface area contributed by atoms with E-state index in [0.717, 1.165) is 26.1 Å². The molecule has 4 heteroatoms. The summed E-state index contributed by atoms with van der Waals surface area (Å²) >= 11 is 0. The molecule has 2 aliphatic heterocycles. The lowest BCUT2D eigenvalue weighted by atomic mass is 9.88. The molecule has 0 spiro atoms. The maximum atomic E-state index is 4.31. The molecule has 2 aromatic rings. The van der Waals surface area contributed by atoms with Crippen LogP contribution in [0.3, 0.4) is 0 Å². The van der Waals surface area contributed by atoms with Crippen molar-refractivity contribution in [1.82, 2.24) is 15.1 Å². The second kappa shape index (κ2) is 5.43. The summed E-state index contributed by atoms with van der Waals surface area (Å²) in [5, 5.41) is 7.98. The number of nitrogens with zero attached hydrogens (tertiary/aromatic N) is 3. The molecule has 1 N–H and O–H groups in total. The molecule has 0 radical (unpaired) electrons. The highest BCUT2D eigenvalue weighted by atomic mass is 15.4. The van der Waals surface area contributed by atoms with Crippen molar-refractivity contribution in [1.29, 1.82) is 0 Å². The quantitative estimate of drug-likeness (QED) is 0.925. The minimum atomic E-state index is 0.567. The average Bonchev–Trinajstić information content (AvgIpc) is 3.17. The molecule has 1 aromatic heterocycles. The molecule has 1 atom stereocenters. The molecule has 1 aromatic carbocycles. The summed E-state index contributed by atoms with van der Waals surface area (Å²) < 4.78 is 1.97. The number of nitrogens with one attached hydrogen (secondary N) is 1. The van der Waals surface area contributed by atoms with Gasteiger partial charge in [0.05, 0.1) is 6.20 Å². The zero-order chi connectivity index (χ0) is 15.1. The number of anilines is 1. The first-order chi connectivity index (χ1) is 10.7. The molecule has 0 amide bonds. The van der Waals surface area contributed by atoms with E-state index in [-0.39, 0.29) is 0 Å². The lowest BCUT2D eigenvalue weighted by molar-refractivity contribution is 0.619. The van der Waals surface area contributed by atoms with E-state index in [2.05, 4.69) is 40.4 Å². The second-order valence-corrected chi connectivity index (χ2v) is 6.63. The standard InChI is InChI=1S/C18H24N4/c1-13-10-14-12-22(18-5-8-20-21(18)2)9-6-15(14)16(11-13)17-4-3-7-19-17/h5,8,10-11,17,19H,3-4,6-7,9,12H2,1-2H3/t17-/m0/s1. The van der Waals surface area contributed by atoms with Gasteiger partial charge in [0.1, 0.15) is 5.82 Å². The molecule has 0 bridgehead atoms. The summed E-state index contributed by atoms with van der Waals surface area (Å²) in [7, 11) is 2.02. The third-order valence-corrected chi connectivity index (χ3v) is 5.07. The molecule has 4 nitrogen and oxygen atoms in total. The molecule has 3 heterocycles. The maximum absolute atomic E-state index is 4.31. The Morgan fingerprint density at radius 2 is 2.23 bits per heavy atom. The van der Waals surface area contributed by atoms with E-state index < -0.39 is 0 Å². The highest BCUT2D eigenvalue weighted by Gasteiger charge is 2.25. The van der Waals surface area contributed by atoms with Crippen LogP contribution in [0.25, 0.3) is 0 Å². The van der Waals surface area contributed by atoms with Crippen molar-refractivity contribution in [3.05, 3.63) is 46.6 Å². The van der Waals surface area contributed by atoms with Crippen LogP contribution < -0.4 is 10.2 Å². The minimum absolute atomic E-state index is 0.567.